The molecular weight excluding hydrogens is 1080 g/mol. The van der Waals surface area contributed by atoms with Crippen molar-refractivity contribution in [2.24, 2.45) is 5.73 Å². The third-order valence-corrected chi connectivity index (χ3v) is 14.5. The first-order chi connectivity index (χ1) is 38.5. The van der Waals surface area contributed by atoms with Crippen molar-refractivity contribution in [2.45, 2.75) is 66.2 Å². The van der Waals surface area contributed by atoms with Crippen LogP contribution in [0.5, 0.6) is 11.5 Å². The molecule has 19 nitrogen and oxygen atoms in total. The molecule has 0 atom stereocenters. The highest BCUT2D eigenvalue weighted by Gasteiger charge is 2.31. The van der Waals surface area contributed by atoms with E-state index in [4.69, 9.17) is 44.7 Å². The summed E-state index contributed by atoms with van der Waals surface area (Å²) in [6.45, 7) is 12.9. The average Bonchev–Trinajstić information content (AvgIpc) is 4.30. The molecule has 0 radical (unpaired) electrons. The van der Waals surface area contributed by atoms with Gasteiger partial charge in [0.05, 0.1) is 5.84 Å². The van der Waals surface area contributed by atoms with Crippen LogP contribution < -0.4 is 37.7 Å². The molecule has 10 N–H and O–H groups in total. The summed E-state index contributed by atoms with van der Waals surface area (Å²) in [4.78, 5) is 61.2. The van der Waals surface area contributed by atoms with Crippen LogP contribution in [0.3, 0.4) is 0 Å². The lowest BCUT2D eigenvalue weighted by Crippen LogP contribution is -2.50. The Morgan fingerprint density at radius 2 is 0.866 bits per heavy atom. The number of urea groups is 2. The Labute approximate surface area is 492 Å². The van der Waals surface area contributed by atoms with E-state index >= 15 is 0 Å². The first-order valence-corrected chi connectivity index (χ1v) is 27.1. The van der Waals surface area contributed by atoms with Gasteiger partial charge < -0.3 is 67.1 Å². The Morgan fingerprint density at radius 1 is 0.488 bits per heavy atom. The average molecular weight is 1160 g/mol. The number of carbonyl (C=O) groups excluding carboxylic acids is 4. The topological polar surface area (TPSA) is 249 Å². The van der Waals surface area contributed by atoms with Gasteiger partial charge in [0, 0.05) is 140 Å². The van der Waals surface area contributed by atoms with Crippen molar-refractivity contribution < 1.29 is 28.7 Å². The lowest BCUT2D eigenvalue weighted by molar-refractivity contribution is 0.121. The monoisotopic (exact) mass is 1160 g/mol. The number of piperazine rings is 2. The van der Waals surface area contributed by atoms with E-state index in [0.29, 0.717) is 57.2 Å². The second kappa shape index (κ2) is 30.1. The second-order valence-electron chi connectivity index (χ2n) is 20.5. The van der Waals surface area contributed by atoms with Gasteiger partial charge >= 0.3 is 23.6 Å². The summed E-state index contributed by atoms with van der Waals surface area (Å²) in [6.07, 6.45) is 0.139. The van der Waals surface area contributed by atoms with Gasteiger partial charge in [-0.05, 0) is 125 Å². The van der Waals surface area contributed by atoms with E-state index in [1.165, 1.54) is 33.4 Å². The molecule has 2 fully saturated rings. The maximum atomic E-state index is 12.6. The quantitative estimate of drug-likeness (QED) is 0.0418. The van der Waals surface area contributed by atoms with Crippen LogP contribution in [-0.4, -0.2) is 130 Å². The van der Waals surface area contributed by atoms with Crippen LogP contribution in [0.25, 0.3) is 0 Å². The number of ether oxygens (including phenoxy) is 2. The third-order valence-electron chi connectivity index (χ3n) is 14.4. The Morgan fingerprint density at radius 3 is 1.33 bits per heavy atom. The third kappa shape index (κ3) is 18.0. The molecule has 6 aliphatic heterocycles. The molecule has 436 valence electrons. The zero-order valence-corrected chi connectivity index (χ0v) is 47.5. The molecule has 0 aliphatic carbocycles. The lowest BCUT2D eigenvalue weighted by Gasteiger charge is -2.34. The molecule has 6 heterocycles. The van der Waals surface area contributed by atoms with E-state index in [1.54, 1.807) is 41.3 Å². The smallest absolute Gasteiger partial charge is 0.415 e. The number of amides is 5. The minimum Gasteiger partial charge on any atom is -0.415 e. The fourth-order valence-corrected chi connectivity index (χ4v) is 10.0. The summed E-state index contributed by atoms with van der Waals surface area (Å²) in [7, 11) is 4.18. The van der Waals surface area contributed by atoms with Crippen LogP contribution in [0.1, 0.15) is 57.5 Å². The highest BCUT2D eigenvalue weighted by molar-refractivity contribution is 6.61. The molecule has 21 heteroatoms. The summed E-state index contributed by atoms with van der Waals surface area (Å²) in [5.74, 6) is 1.19. The summed E-state index contributed by atoms with van der Waals surface area (Å²) in [5.41, 5.74) is 34.9. The van der Waals surface area contributed by atoms with Crippen LogP contribution in [0.15, 0.2) is 133 Å². The number of likely N-dealkylation sites (N-methyl/N-ethyl adjacent to an activating group) is 2. The Balaban J connectivity index is 0.000000169. The van der Waals surface area contributed by atoms with E-state index in [9.17, 15) is 19.2 Å². The number of nitrogens with two attached hydrogens (primary N) is 4. The Kier molecular flexibility index (Phi) is 23.2. The molecule has 0 saturated carbocycles. The standard InChI is InChI=1S/C16H23N5O.C15H14N2O2.C14H20N4O.C8H10N2.C7H5ClO2.CH4.ClH/c1-19-4-6-20(7-5-19)16(22)21-10-13-3-2-12(9-15(17)18)8-14(13)11-21;16-13-7-6-11-9-17(10-12(11)8-13)15(18)19-14-4-2-1-3-5-14;1-16-4-6-17(7-5-16)14(19)18-9-11-2-3-13(15)8-12(11)10-18;9-8-2-1-6-4-10-5-7(6)3-8;8-7(9)10-6-4-2-1-3-5-6;;/h2-3,8H,4-7,9-11H2,1H3,(H3,17,18);1-8H,9-10,16H2;2-3,8H,4-7,9-10,15H2,1H3;1-3,10H,4-5,9H2;1-5H;1H4;1H. The molecule has 2 saturated heterocycles. The van der Waals surface area contributed by atoms with E-state index < -0.39 is 5.43 Å². The second-order valence-corrected chi connectivity index (χ2v) is 20.8. The predicted octanol–water partition coefficient (Wildman–Crippen LogP) is 8.94. The predicted molar refractivity (Wildman–Crippen MR) is 327 cm³/mol. The number of hydrogen-bond acceptors (Lipinski definition) is 13. The maximum absolute atomic E-state index is 12.6. The van der Waals surface area contributed by atoms with Gasteiger partial charge in [0.1, 0.15) is 11.5 Å². The first kappa shape index (κ1) is 63.1. The van der Waals surface area contributed by atoms with Crippen molar-refractivity contribution >= 4 is 70.5 Å². The summed E-state index contributed by atoms with van der Waals surface area (Å²) in [5, 5.41) is 10.6. The maximum Gasteiger partial charge on any atom is 0.415 e. The molecular formula is C61H77Cl2N13O6. The number of nitrogens with zero attached hydrogens (tertiary/aromatic N) is 7. The van der Waals surface area contributed by atoms with Crippen molar-refractivity contribution in [1.29, 1.82) is 5.41 Å². The summed E-state index contributed by atoms with van der Waals surface area (Å²) < 4.78 is 9.86. The van der Waals surface area contributed by atoms with Crippen LogP contribution in [0, 0.1) is 5.41 Å². The minimum absolute atomic E-state index is 0. The molecule has 12 rings (SSSR count). The molecule has 0 aromatic heterocycles. The molecule has 82 heavy (non-hydrogen) atoms. The first-order valence-electron chi connectivity index (χ1n) is 26.7. The number of fused-ring (bicyclic) bond motifs is 4. The van der Waals surface area contributed by atoms with E-state index in [2.05, 4.69) is 52.1 Å². The minimum atomic E-state index is -0.814. The summed E-state index contributed by atoms with van der Waals surface area (Å²) in [6, 6.07) is 41.9. The number of rotatable bonds is 4. The van der Waals surface area contributed by atoms with Crippen molar-refractivity contribution in [3.63, 3.8) is 0 Å². The van der Waals surface area contributed by atoms with Gasteiger partial charge in [-0.25, -0.2) is 19.2 Å². The number of amidine groups is 1. The van der Waals surface area contributed by atoms with Gasteiger partial charge in [0.15, 0.2) is 0 Å². The van der Waals surface area contributed by atoms with Crippen LogP contribution >= 0.6 is 24.0 Å². The van der Waals surface area contributed by atoms with E-state index in [0.717, 1.165) is 99.2 Å². The zero-order chi connectivity index (χ0) is 56.7. The number of nitrogen functional groups attached to an aromatic ring is 3. The van der Waals surface area contributed by atoms with Gasteiger partial charge in [-0.1, -0.05) is 80.2 Å². The molecule has 0 bridgehead atoms. The largest absolute Gasteiger partial charge is 0.415 e. The highest BCUT2D eigenvalue weighted by Crippen LogP contribution is 2.29. The Bertz CT molecular complexity index is 3120. The van der Waals surface area contributed by atoms with E-state index in [1.807, 2.05) is 98.5 Å². The van der Waals surface area contributed by atoms with Crippen LogP contribution in [0.2, 0.25) is 0 Å². The molecule has 6 aromatic rings. The Hall–Kier alpha value is -8.07. The highest BCUT2D eigenvalue weighted by atomic mass is 35.5. The number of anilines is 3. The molecule has 0 unspecified atom stereocenters. The van der Waals surface area contributed by atoms with Crippen molar-refractivity contribution in [3.8, 4) is 11.5 Å². The number of halogens is 2. The van der Waals surface area contributed by atoms with Crippen molar-refractivity contribution in [3.05, 3.63) is 184 Å². The van der Waals surface area contributed by atoms with Crippen molar-refractivity contribution in [2.75, 3.05) is 83.7 Å². The fourth-order valence-electron chi connectivity index (χ4n) is 9.95. The number of carbonyl (C=O) groups is 4. The van der Waals surface area contributed by atoms with Gasteiger partial charge in [-0.3, -0.25) is 10.3 Å². The fraction of sp³-hybridized carbons (Fsp3) is 0.328. The van der Waals surface area contributed by atoms with E-state index in [-0.39, 0.29) is 43.8 Å². The molecule has 0 spiro atoms. The normalized spacial score (nSPS) is 15.5. The number of nitrogens with one attached hydrogen (secondary N) is 2. The molecule has 6 aromatic carbocycles. The SMILES string of the molecule is C.CN1CCN(C(=O)N2Cc3ccc(CC(=N)N)cc3C2)CC1.CN1CCN(C(=O)N2Cc3ccc(N)cc3C2)CC1.Cl.Nc1ccc2c(c1)CN(C(=O)Oc1ccccc1)C2.Nc1ccc2c(c1)CNC2.O=C(Cl)Oc1ccccc1. The van der Waals surface area contributed by atoms with Gasteiger partial charge in [0.2, 0.25) is 0 Å². The molecule has 6 aliphatic rings. The molecule has 5 amide bonds. The van der Waals surface area contributed by atoms with Crippen LogP contribution in [-0.2, 0) is 58.8 Å². The zero-order valence-electron chi connectivity index (χ0n) is 45.9. The lowest BCUT2D eigenvalue weighted by atomic mass is 10.0. The van der Waals surface area contributed by atoms with Gasteiger partial charge in [0.25, 0.3) is 0 Å². The summed E-state index contributed by atoms with van der Waals surface area (Å²) >= 11 is 4.95. The number of hydrogen-bond donors (Lipinski definition) is 6. The number of benzene rings is 6. The van der Waals surface area contributed by atoms with Crippen LogP contribution in [0.4, 0.5) is 36.2 Å². The van der Waals surface area contributed by atoms with Gasteiger partial charge in [-0.2, -0.15) is 0 Å². The number of para-hydroxylation sites is 2. The van der Waals surface area contributed by atoms with Crippen molar-refractivity contribution in [1.82, 2.24) is 39.6 Å². The van der Waals surface area contributed by atoms with Gasteiger partial charge in [-0.15, -0.1) is 12.4 Å².